The molecule has 3 unspecified atom stereocenters. The third-order valence-electron chi connectivity index (χ3n) is 10.2. The number of aryl methyl sites for hydroxylation is 1. The van der Waals surface area contributed by atoms with E-state index in [0.717, 1.165) is 5.56 Å². The van der Waals surface area contributed by atoms with Crippen LogP contribution in [0, 0.1) is 24.7 Å². The van der Waals surface area contributed by atoms with Gasteiger partial charge in [-0.3, -0.25) is 14.4 Å². The first-order valence-electron chi connectivity index (χ1n) is 16.4. The minimum absolute atomic E-state index is 0.0397. The monoisotopic (exact) mass is 663 g/mol. The van der Waals surface area contributed by atoms with Crippen LogP contribution in [0.15, 0.2) is 67.8 Å². The molecule has 252 valence electrons. The predicted octanol–water partition coefficient (Wildman–Crippen LogP) is 5.57. The summed E-state index contributed by atoms with van der Waals surface area (Å²) in [6, 6.07) is 11.7. The summed E-state index contributed by atoms with van der Waals surface area (Å²) in [4.78, 5) is 49.3. The van der Waals surface area contributed by atoms with Gasteiger partial charge in [-0.05, 0) is 81.8 Å². The molecule has 10 heteroatoms. The predicted molar refractivity (Wildman–Crippen MR) is 184 cm³/mol. The second-order valence-corrected chi connectivity index (χ2v) is 13.4. The van der Waals surface area contributed by atoms with Crippen LogP contribution >= 0.6 is 11.6 Å². The molecule has 1 spiro atoms. The molecule has 0 radical (unpaired) electrons. The van der Waals surface area contributed by atoms with Crippen LogP contribution in [0.3, 0.4) is 0 Å². The lowest BCUT2D eigenvalue weighted by Crippen LogP contribution is -2.57. The van der Waals surface area contributed by atoms with E-state index in [1.54, 1.807) is 32.9 Å². The third kappa shape index (κ3) is 5.76. The second-order valence-electron chi connectivity index (χ2n) is 13.0. The number of aliphatic hydroxyl groups excluding tert-OH is 1. The van der Waals surface area contributed by atoms with Crippen LogP contribution in [-0.2, 0) is 19.1 Å². The normalized spacial score (nSPS) is 27.4. The fourth-order valence-electron chi connectivity index (χ4n) is 8.07. The van der Waals surface area contributed by atoms with Crippen molar-refractivity contribution in [3.8, 4) is 5.75 Å². The van der Waals surface area contributed by atoms with E-state index >= 15 is 0 Å². The summed E-state index contributed by atoms with van der Waals surface area (Å²) in [7, 11) is 0. The second kappa shape index (κ2) is 13.8. The standard InChI is InChI=1S/C37H46ClN3O6/c1-7-19-39(26-15-17-27(18-16-26)46-9-3)33(43)29-30-34(44)41(21-10-11-22-42)32(37(30)23-25(5)36(29,6)47-37)35(45)40(20-8-2)31-24(4)13-12-14-28(31)38/h7-8,12-18,25,29-30,32,42H,1-2,9-11,19-23H2,3-6H3/t25?,29-,30-,32?,36+,37?/m0/s1. The fourth-order valence-corrected chi connectivity index (χ4v) is 8.39. The maximum atomic E-state index is 15.0. The first kappa shape index (κ1) is 34.7. The maximum Gasteiger partial charge on any atom is 0.253 e. The zero-order valence-corrected chi connectivity index (χ0v) is 28.5. The van der Waals surface area contributed by atoms with Crippen molar-refractivity contribution in [2.45, 2.75) is 64.2 Å². The van der Waals surface area contributed by atoms with Gasteiger partial charge >= 0.3 is 0 Å². The van der Waals surface area contributed by atoms with E-state index in [1.165, 1.54) is 0 Å². The number of halogens is 1. The number of rotatable bonds is 14. The fraction of sp³-hybridized carbons (Fsp3) is 0.486. The van der Waals surface area contributed by atoms with Crippen LogP contribution in [0.2, 0.25) is 5.02 Å². The van der Waals surface area contributed by atoms with Gasteiger partial charge in [0.1, 0.15) is 17.4 Å². The molecule has 2 bridgehead atoms. The quantitative estimate of drug-likeness (QED) is 0.210. The minimum atomic E-state index is -1.24. The molecule has 3 saturated heterocycles. The van der Waals surface area contributed by atoms with Crippen molar-refractivity contribution in [1.82, 2.24) is 4.90 Å². The Morgan fingerprint density at radius 1 is 1.11 bits per heavy atom. The van der Waals surface area contributed by atoms with Crippen molar-refractivity contribution in [2.75, 3.05) is 42.6 Å². The van der Waals surface area contributed by atoms with Crippen molar-refractivity contribution in [1.29, 1.82) is 0 Å². The van der Waals surface area contributed by atoms with Gasteiger partial charge in [-0.15, -0.1) is 13.2 Å². The van der Waals surface area contributed by atoms with Crippen molar-refractivity contribution in [3.63, 3.8) is 0 Å². The highest BCUT2D eigenvalue weighted by atomic mass is 35.5. The number of hydrogen-bond acceptors (Lipinski definition) is 6. The van der Waals surface area contributed by atoms with Gasteiger partial charge in [0.15, 0.2) is 0 Å². The van der Waals surface area contributed by atoms with Gasteiger partial charge in [-0.1, -0.05) is 42.8 Å². The van der Waals surface area contributed by atoms with E-state index in [4.69, 9.17) is 21.1 Å². The molecular formula is C37H46ClN3O6. The maximum absolute atomic E-state index is 15.0. The molecule has 2 aromatic rings. The first-order valence-corrected chi connectivity index (χ1v) is 16.8. The molecule has 3 aliphatic rings. The molecule has 1 N–H and O–H groups in total. The van der Waals surface area contributed by atoms with Crippen LogP contribution in [0.4, 0.5) is 11.4 Å². The minimum Gasteiger partial charge on any atom is -0.494 e. The molecule has 47 heavy (non-hydrogen) atoms. The molecule has 6 atom stereocenters. The van der Waals surface area contributed by atoms with E-state index in [2.05, 4.69) is 13.2 Å². The Morgan fingerprint density at radius 3 is 2.40 bits per heavy atom. The number of likely N-dealkylation sites (tertiary alicyclic amines) is 1. The van der Waals surface area contributed by atoms with Crippen molar-refractivity contribution in [3.05, 3.63) is 78.4 Å². The van der Waals surface area contributed by atoms with Crippen LogP contribution < -0.4 is 14.5 Å². The summed E-state index contributed by atoms with van der Waals surface area (Å²) in [5, 5.41) is 9.98. The van der Waals surface area contributed by atoms with Crippen LogP contribution in [-0.4, -0.2) is 77.8 Å². The first-order chi connectivity index (χ1) is 22.5. The molecule has 0 aromatic heterocycles. The molecule has 0 saturated carbocycles. The number of benzene rings is 2. The summed E-state index contributed by atoms with van der Waals surface area (Å²) >= 11 is 6.69. The van der Waals surface area contributed by atoms with Crippen molar-refractivity contribution in [2.24, 2.45) is 17.8 Å². The lowest BCUT2D eigenvalue weighted by molar-refractivity contribution is -0.145. The number of ether oxygens (including phenoxy) is 2. The summed E-state index contributed by atoms with van der Waals surface area (Å²) in [6.07, 6.45) is 4.68. The van der Waals surface area contributed by atoms with Gasteiger partial charge in [0, 0.05) is 31.9 Å². The number of aliphatic hydroxyl groups is 1. The Bertz CT molecular complexity index is 1510. The third-order valence-corrected chi connectivity index (χ3v) is 10.5. The number of para-hydroxylation sites is 1. The number of nitrogens with zero attached hydrogens (tertiary/aromatic N) is 3. The van der Waals surface area contributed by atoms with Crippen LogP contribution in [0.5, 0.6) is 5.75 Å². The van der Waals surface area contributed by atoms with Crippen molar-refractivity contribution >= 4 is 40.7 Å². The van der Waals surface area contributed by atoms with Gasteiger partial charge in [-0.25, -0.2) is 0 Å². The molecule has 3 amide bonds. The molecule has 0 aliphatic carbocycles. The van der Waals surface area contributed by atoms with Gasteiger partial charge in [0.2, 0.25) is 11.8 Å². The summed E-state index contributed by atoms with van der Waals surface area (Å²) in [5.74, 6) is -2.04. The average Bonchev–Trinajstić information content (AvgIpc) is 3.55. The molecule has 3 heterocycles. The largest absolute Gasteiger partial charge is 0.494 e. The number of unbranched alkanes of at least 4 members (excludes halogenated alkanes) is 1. The van der Waals surface area contributed by atoms with E-state index in [0.29, 0.717) is 48.0 Å². The topological polar surface area (TPSA) is 99.6 Å². The molecule has 9 nitrogen and oxygen atoms in total. The molecular weight excluding hydrogens is 618 g/mol. The Labute approximate surface area is 282 Å². The number of anilines is 2. The molecule has 3 aliphatic heterocycles. The summed E-state index contributed by atoms with van der Waals surface area (Å²) < 4.78 is 12.6. The number of carbonyl (C=O) groups is 3. The number of hydrogen-bond donors (Lipinski definition) is 1. The number of fused-ring (bicyclic) bond motifs is 1. The van der Waals surface area contributed by atoms with Gasteiger partial charge < -0.3 is 29.3 Å². The zero-order chi connectivity index (χ0) is 34.1. The lowest BCUT2D eigenvalue weighted by atomic mass is 9.62. The SMILES string of the molecule is C=CCN(C(=O)[C@@H]1[C@H]2C(=O)N(CCCCO)C(C(=O)N(CC=C)c3c(C)cccc3Cl)C23CC(C)[C@@]1(C)O3)c1ccc(OCC)cc1. The van der Waals surface area contributed by atoms with Gasteiger partial charge in [-0.2, -0.15) is 0 Å². The Kier molecular flexibility index (Phi) is 10.2. The smallest absolute Gasteiger partial charge is 0.253 e. The average molecular weight is 664 g/mol. The van der Waals surface area contributed by atoms with Crippen LogP contribution in [0.25, 0.3) is 0 Å². The zero-order valence-electron chi connectivity index (χ0n) is 27.8. The molecule has 5 rings (SSSR count). The molecule has 3 fully saturated rings. The number of carbonyl (C=O) groups excluding carboxylic acids is 3. The Balaban J connectivity index is 1.61. The van der Waals surface area contributed by atoms with Crippen molar-refractivity contribution < 1.29 is 29.0 Å². The van der Waals surface area contributed by atoms with E-state index < -0.39 is 29.1 Å². The summed E-state index contributed by atoms with van der Waals surface area (Å²) in [6.45, 7) is 16.6. The van der Waals surface area contributed by atoms with Gasteiger partial charge in [0.05, 0.1) is 34.8 Å². The summed E-state index contributed by atoms with van der Waals surface area (Å²) in [5.41, 5.74) is -0.237. The number of amides is 3. The van der Waals surface area contributed by atoms with Crippen LogP contribution in [0.1, 0.15) is 45.6 Å². The van der Waals surface area contributed by atoms with E-state index in [-0.39, 0.29) is 49.9 Å². The highest BCUT2D eigenvalue weighted by Crippen LogP contribution is 2.65. The molecule has 2 aromatic carbocycles. The van der Waals surface area contributed by atoms with Gasteiger partial charge in [0.25, 0.3) is 5.91 Å². The highest BCUT2D eigenvalue weighted by molar-refractivity contribution is 6.34. The Morgan fingerprint density at radius 2 is 1.79 bits per heavy atom. The Hall–Kier alpha value is -3.66. The van der Waals surface area contributed by atoms with E-state index in [1.807, 2.05) is 64.1 Å². The highest BCUT2D eigenvalue weighted by Gasteiger charge is 2.80. The van der Waals surface area contributed by atoms with E-state index in [9.17, 15) is 19.5 Å². The lowest BCUT2D eigenvalue weighted by Gasteiger charge is -2.39.